The maximum absolute atomic E-state index is 6.23. The smallest absolute Gasteiger partial charge is 0.125 e. The third-order valence-corrected chi connectivity index (χ3v) is 7.35. The summed E-state index contributed by atoms with van der Waals surface area (Å²) in [6.45, 7) is 19.1. The summed E-state index contributed by atoms with van der Waals surface area (Å²) in [5.74, 6) is 1.95. The van der Waals surface area contributed by atoms with Crippen LogP contribution >= 0.6 is 0 Å². The van der Waals surface area contributed by atoms with E-state index in [0.29, 0.717) is 12.2 Å². The molecule has 1 aromatic rings. The first kappa shape index (κ1) is 28.2. The van der Waals surface area contributed by atoms with Crippen molar-refractivity contribution >= 4 is 0 Å². The molecule has 3 nitrogen and oxygen atoms in total. The first-order valence-electron chi connectivity index (χ1n) is 14.0. The molecule has 0 bridgehead atoms. The molecular weight excluding hydrogens is 406 g/mol. The molecule has 0 aromatic heterocycles. The first-order valence-corrected chi connectivity index (χ1v) is 14.0. The van der Waals surface area contributed by atoms with Crippen molar-refractivity contribution in [3.63, 3.8) is 0 Å². The van der Waals surface area contributed by atoms with Crippen molar-refractivity contribution in [3.8, 4) is 5.75 Å². The highest BCUT2D eigenvalue weighted by atomic mass is 16.5. The van der Waals surface area contributed by atoms with Gasteiger partial charge >= 0.3 is 0 Å². The van der Waals surface area contributed by atoms with Crippen LogP contribution in [0.25, 0.3) is 0 Å². The van der Waals surface area contributed by atoms with Crippen molar-refractivity contribution < 1.29 is 14.0 Å². The van der Waals surface area contributed by atoms with Gasteiger partial charge in [-0.25, -0.2) is 0 Å². The Bertz CT molecular complexity index is 626. The third kappa shape index (κ3) is 10.8. The van der Waals surface area contributed by atoms with Crippen LogP contribution in [0.4, 0.5) is 0 Å². The zero-order chi connectivity index (χ0) is 24.1. The van der Waals surface area contributed by atoms with E-state index < -0.39 is 0 Å². The Morgan fingerprint density at radius 1 is 0.818 bits per heavy atom. The molecule has 1 heterocycles. The Morgan fingerprint density at radius 2 is 1.33 bits per heavy atom. The van der Waals surface area contributed by atoms with Gasteiger partial charge in [0.1, 0.15) is 31.0 Å². The minimum absolute atomic E-state index is 0.360. The van der Waals surface area contributed by atoms with E-state index in [2.05, 4.69) is 59.7 Å². The van der Waals surface area contributed by atoms with Gasteiger partial charge in [-0.1, -0.05) is 77.0 Å². The molecule has 2 unspecified atom stereocenters. The van der Waals surface area contributed by atoms with E-state index in [1.165, 1.54) is 86.5 Å². The average molecular weight is 461 g/mol. The van der Waals surface area contributed by atoms with Gasteiger partial charge in [0.05, 0.1) is 19.7 Å². The molecule has 1 aliphatic heterocycles. The molecule has 33 heavy (non-hydrogen) atoms. The van der Waals surface area contributed by atoms with Gasteiger partial charge in [-0.2, -0.15) is 0 Å². The van der Waals surface area contributed by atoms with Crippen molar-refractivity contribution in [1.29, 1.82) is 0 Å². The molecule has 0 saturated carbocycles. The molecule has 0 N–H and O–H groups in total. The summed E-state index contributed by atoms with van der Waals surface area (Å²) in [7, 11) is 0. The molecule has 2 rings (SSSR count). The van der Waals surface area contributed by atoms with Crippen molar-refractivity contribution in [2.75, 3.05) is 32.8 Å². The lowest BCUT2D eigenvalue weighted by Crippen LogP contribution is -2.61. The zero-order valence-corrected chi connectivity index (χ0v) is 22.8. The number of ether oxygens (including phenoxy) is 2. The summed E-state index contributed by atoms with van der Waals surface area (Å²) in [5.41, 5.74) is 2.49. The minimum atomic E-state index is 0.360. The number of quaternary nitrogens is 1. The fraction of sp³-hybridized carbons (Fsp3) is 0.800. The topological polar surface area (TPSA) is 18.5 Å². The van der Waals surface area contributed by atoms with Crippen LogP contribution < -0.4 is 4.74 Å². The second-order valence-electron chi connectivity index (χ2n) is 11.3. The van der Waals surface area contributed by atoms with Crippen molar-refractivity contribution in [2.24, 2.45) is 5.92 Å². The predicted molar refractivity (Wildman–Crippen MR) is 142 cm³/mol. The van der Waals surface area contributed by atoms with Crippen LogP contribution in [0.3, 0.4) is 0 Å². The van der Waals surface area contributed by atoms with E-state index in [0.717, 1.165) is 37.8 Å². The van der Waals surface area contributed by atoms with Crippen molar-refractivity contribution in [3.05, 3.63) is 29.3 Å². The Balaban J connectivity index is 1.71. The highest BCUT2D eigenvalue weighted by Crippen LogP contribution is 2.25. The molecule has 0 radical (unpaired) electrons. The fourth-order valence-corrected chi connectivity index (χ4v) is 5.79. The number of morpholine rings is 1. The molecule has 1 fully saturated rings. The number of benzene rings is 1. The molecule has 1 aliphatic rings. The lowest BCUT2D eigenvalue weighted by Gasteiger charge is -2.46. The highest BCUT2D eigenvalue weighted by Gasteiger charge is 2.36. The van der Waals surface area contributed by atoms with E-state index in [1.807, 2.05) is 0 Å². The number of hydrogen-bond acceptors (Lipinski definition) is 2. The van der Waals surface area contributed by atoms with Crippen LogP contribution in [0.15, 0.2) is 18.2 Å². The number of hydrogen-bond donors (Lipinski definition) is 0. The molecule has 3 heteroatoms. The summed E-state index contributed by atoms with van der Waals surface area (Å²) in [6, 6.07) is 6.40. The van der Waals surface area contributed by atoms with Gasteiger partial charge in [0.25, 0.3) is 0 Å². The second-order valence-corrected chi connectivity index (χ2v) is 11.3. The number of aryl methyl sites for hydroxylation is 2. The van der Waals surface area contributed by atoms with Crippen LogP contribution in [0.5, 0.6) is 5.75 Å². The summed E-state index contributed by atoms with van der Waals surface area (Å²) < 4.78 is 13.6. The predicted octanol–water partition coefficient (Wildman–Crippen LogP) is 7.86. The molecule has 190 valence electrons. The zero-order valence-electron chi connectivity index (χ0n) is 22.8. The summed E-state index contributed by atoms with van der Waals surface area (Å²) >= 11 is 0. The quantitative estimate of drug-likeness (QED) is 0.185. The van der Waals surface area contributed by atoms with Crippen molar-refractivity contribution in [1.82, 2.24) is 0 Å². The molecule has 2 atom stereocenters. The van der Waals surface area contributed by atoms with E-state index in [-0.39, 0.29) is 0 Å². The summed E-state index contributed by atoms with van der Waals surface area (Å²) in [6.07, 6.45) is 14.5. The summed E-state index contributed by atoms with van der Waals surface area (Å²) in [5, 5.41) is 0. The van der Waals surface area contributed by atoms with E-state index >= 15 is 0 Å². The SMILES string of the molecule is Cc1cccc(C)c1OCCC[N+]1(CCCCCCCCCCC(C)C)CC(C)OC(C)C1. The molecule has 0 amide bonds. The monoisotopic (exact) mass is 460 g/mol. The van der Waals surface area contributed by atoms with Gasteiger partial charge in [0.2, 0.25) is 0 Å². The first-order chi connectivity index (χ1) is 15.8. The second kappa shape index (κ2) is 15.0. The third-order valence-electron chi connectivity index (χ3n) is 7.35. The number of para-hydroxylation sites is 1. The van der Waals surface area contributed by atoms with Crippen LogP contribution in [0, 0.1) is 19.8 Å². The standard InChI is InChI=1S/C30H54NO2/c1-25(2)17-13-11-9-7-8-10-12-14-20-31(23-28(5)33-29(6)24-31)21-16-22-32-30-26(3)18-15-19-27(30)4/h15,18-19,25,28-29H,7-14,16-17,20-24H2,1-6H3/q+1. The highest BCUT2D eigenvalue weighted by molar-refractivity contribution is 5.39. The van der Waals surface area contributed by atoms with Gasteiger partial charge in [0.15, 0.2) is 0 Å². The van der Waals surface area contributed by atoms with Gasteiger partial charge in [-0.15, -0.1) is 0 Å². The average Bonchev–Trinajstić information content (AvgIpc) is 2.73. The molecule has 0 spiro atoms. The fourth-order valence-electron chi connectivity index (χ4n) is 5.79. The van der Waals surface area contributed by atoms with Gasteiger partial charge < -0.3 is 14.0 Å². The van der Waals surface area contributed by atoms with Crippen LogP contribution in [0.2, 0.25) is 0 Å². The van der Waals surface area contributed by atoms with Crippen LogP contribution in [-0.4, -0.2) is 49.5 Å². The lowest BCUT2D eigenvalue weighted by atomic mass is 10.0. The normalized spacial score (nSPS) is 23.2. The van der Waals surface area contributed by atoms with Crippen molar-refractivity contribution in [2.45, 2.75) is 118 Å². The molecule has 0 aliphatic carbocycles. The lowest BCUT2D eigenvalue weighted by molar-refractivity contribution is -0.941. The Hall–Kier alpha value is -1.06. The largest absolute Gasteiger partial charge is 0.493 e. The Labute approximate surface area is 205 Å². The maximum Gasteiger partial charge on any atom is 0.125 e. The summed E-state index contributed by atoms with van der Waals surface area (Å²) in [4.78, 5) is 0. The Kier molecular flexibility index (Phi) is 12.8. The number of nitrogens with zero attached hydrogens (tertiary/aromatic N) is 1. The number of rotatable bonds is 16. The van der Waals surface area contributed by atoms with Gasteiger partial charge in [-0.05, 0) is 57.6 Å². The van der Waals surface area contributed by atoms with E-state index in [9.17, 15) is 0 Å². The minimum Gasteiger partial charge on any atom is -0.493 e. The molecular formula is C30H54NO2+. The molecule has 1 saturated heterocycles. The van der Waals surface area contributed by atoms with Crippen LogP contribution in [0.1, 0.15) is 103 Å². The Morgan fingerprint density at radius 3 is 1.91 bits per heavy atom. The van der Waals surface area contributed by atoms with E-state index in [1.54, 1.807) is 0 Å². The van der Waals surface area contributed by atoms with Gasteiger partial charge in [0, 0.05) is 6.42 Å². The maximum atomic E-state index is 6.23. The molecule has 1 aromatic carbocycles. The van der Waals surface area contributed by atoms with Gasteiger partial charge in [-0.3, -0.25) is 0 Å². The van der Waals surface area contributed by atoms with E-state index in [4.69, 9.17) is 9.47 Å². The number of unbranched alkanes of at least 4 members (excludes halogenated alkanes) is 7. The van der Waals surface area contributed by atoms with Crippen LogP contribution in [-0.2, 0) is 4.74 Å².